The predicted octanol–water partition coefficient (Wildman–Crippen LogP) is 3.34. The van der Waals surface area contributed by atoms with Gasteiger partial charge >= 0.3 is 0 Å². The van der Waals surface area contributed by atoms with Gasteiger partial charge in [-0.1, -0.05) is 30.5 Å². The second-order valence-electron chi connectivity index (χ2n) is 6.18. The second kappa shape index (κ2) is 5.49. The van der Waals surface area contributed by atoms with Crippen LogP contribution in [0.2, 0.25) is 0 Å². The molecule has 2 atom stereocenters. The highest BCUT2D eigenvalue weighted by atomic mass is 32.2. The fourth-order valence-corrected chi connectivity index (χ4v) is 5.48. The van der Waals surface area contributed by atoms with E-state index in [2.05, 4.69) is 0 Å². The highest BCUT2D eigenvalue weighted by Crippen LogP contribution is 2.37. The van der Waals surface area contributed by atoms with Crippen LogP contribution in [0.25, 0.3) is 0 Å². The van der Waals surface area contributed by atoms with Gasteiger partial charge in [0, 0.05) is 12.6 Å². The lowest BCUT2D eigenvalue weighted by Gasteiger charge is -2.43. The lowest BCUT2D eigenvalue weighted by atomic mass is 9.79. The van der Waals surface area contributed by atoms with Crippen molar-refractivity contribution in [2.45, 2.75) is 56.4 Å². The van der Waals surface area contributed by atoms with Crippen LogP contribution in [0.4, 0.5) is 0 Å². The van der Waals surface area contributed by atoms with Crippen molar-refractivity contribution < 1.29 is 8.42 Å². The molecule has 1 aliphatic carbocycles. The van der Waals surface area contributed by atoms with E-state index in [-0.39, 0.29) is 6.04 Å². The molecule has 1 saturated heterocycles. The Hall–Kier alpha value is -0.870. The highest BCUT2D eigenvalue weighted by molar-refractivity contribution is 7.89. The van der Waals surface area contributed by atoms with Crippen LogP contribution in [-0.4, -0.2) is 25.3 Å². The maximum Gasteiger partial charge on any atom is 0.243 e. The first-order valence-electron chi connectivity index (χ1n) is 7.67. The van der Waals surface area contributed by atoms with Crippen LogP contribution < -0.4 is 0 Å². The number of rotatable bonds is 2. The summed E-state index contributed by atoms with van der Waals surface area (Å²) in [7, 11) is -3.32. The Balaban J connectivity index is 1.91. The van der Waals surface area contributed by atoms with Crippen LogP contribution in [0.3, 0.4) is 0 Å². The summed E-state index contributed by atoms with van der Waals surface area (Å²) < 4.78 is 27.6. The fraction of sp³-hybridized carbons (Fsp3) is 0.625. The Kier molecular flexibility index (Phi) is 3.87. The monoisotopic (exact) mass is 293 g/mol. The third-order valence-electron chi connectivity index (χ3n) is 4.82. The van der Waals surface area contributed by atoms with E-state index in [4.69, 9.17) is 0 Å². The number of fused-ring (bicyclic) bond motifs is 1. The lowest BCUT2D eigenvalue weighted by Crippen LogP contribution is -2.49. The Bertz CT molecular complexity index is 563. The predicted molar refractivity (Wildman–Crippen MR) is 80.1 cm³/mol. The number of aryl methyl sites for hydroxylation is 1. The fourth-order valence-electron chi connectivity index (χ4n) is 3.72. The van der Waals surface area contributed by atoms with Gasteiger partial charge in [-0.15, -0.1) is 0 Å². The molecule has 4 heteroatoms. The van der Waals surface area contributed by atoms with Crippen molar-refractivity contribution in [2.24, 2.45) is 5.92 Å². The van der Waals surface area contributed by atoms with Gasteiger partial charge in [0.25, 0.3) is 0 Å². The zero-order valence-corrected chi connectivity index (χ0v) is 12.9. The molecule has 0 spiro atoms. The molecule has 0 N–H and O–H groups in total. The first-order valence-corrected chi connectivity index (χ1v) is 9.11. The number of piperidine rings is 1. The van der Waals surface area contributed by atoms with E-state index in [1.54, 1.807) is 16.4 Å². The Labute approximate surface area is 122 Å². The van der Waals surface area contributed by atoms with Gasteiger partial charge in [-0.05, 0) is 50.7 Å². The average molecular weight is 293 g/mol. The van der Waals surface area contributed by atoms with E-state index in [0.29, 0.717) is 17.4 Å². The summed E-state index contributed by atoms with van der Waals surface area (Å²) in [5.74, 6) is 0.581. The van der Waals surface area contributed by atoms with Crippen LogP contribution in [0, 0.1) is 12.8 Å². The Morgan fingerprint density at radius 3 is 2.40 bits per heavy atom. The van der Waals surface area contributed by atoms with Crippen molar-refractivity contribution in [3.8, 4) is 0 Å². The summed E-state index contributed by atoms with van der Waals surface area (Å²) in [6.45, 7) is 2.67. The Morgan fingerprint density at radius 1 is 1.00 bits per heavy atom. The molecule has 2 aliphatic rings. The molecular formula is C16H23NO2S. The summed E-state index contributed by atoms with van der Waals surface area (Å²) >= 11 is 0. The van der Waals surface area contributed by atoms with Crippen LogP contribution in [0.5, 0.6) is 0 Å². The highest BCUT2D eigenvalue weighted by Gasteiger charge is 2.39. The molecule has 3 nitrogen and oxygen atoms in total. The molecule has 0 amide bonds. The molecule has 2 unspecified atom stereocenters. The van der Waals surface area contributed by atoms with Crippen LogP contribution in [0.15, 0.2) is 29.2 Å². The van der Waals surface area contributed by atoms with Gasteiger partial charge in [0.15, 0.2) is 0 Å². The van der Waals surface area contributed by atoms with Crippen LogP contribution in [0.1, 0.15) is 44.1 Å². The standard InChI is InChI=1S/C16H23NO2S/c1-13-8-10-15(11-9-13)20(18,19)17-12-4-6-14-5-2-3-7-16(14)17/h8-11,14,16H,2-7,12H2,1H3. The van der Waals surface area contributed by atoms with Crippen molar-refractivity contribution >= 4 is 10.0 Å². The molecule has 3 rings (SSSR count). The molecule has 0 radical (unpaired) electrons. The van der Waals surface area contributed by atoms with E-state index in [1.807, 2.05) is 19.1 Å². The molecule has 110 valence electrons. The first kappa shape index (κ1) is 14.1. The first-order chi connectivity index (χ1) is 9.59. The summed E-state index contributed by atoms with van der Waals surface area (Å²) in [5.41, 5.74) is 1.10. The minimum Gasteiger partial charge on any atom is -0.207 e. The molecule has 2 fully saturated rings. The topological polar surface area (TPSA) is 37.4 Å². The van der Waals surface area contributed by atoms with Crippen molar-refractivity contribution in [1.29, 1.82) is 0 Å². The van der Waals surface area contributed by atoms with E-state index in [1.165, 1.54) is 25.7 Å². The molecule has 0 bridgehead atoms. The largest absolute Gasteiger partial charge is 0.243 e. The number of hydrogen-bond donors (Lipinski definition) is 0. The van der Waals surface area contributed by atoms with Gasteiger partial charge in [-0.2, -0.15) is 4.31 Å². The summed E-state index contributed by atoms with van der Waals surface area (Å²) in [6.07, 6.45) is 6.87. The molecule has 1 heterocycles. The second-order valence-corrected chi connectivity index (χ2v) is 8.07. The molecule has 1 aromatic rings. The van der Waals surface area contributed by atoms with Crippen molar-refractivity contribution in [2.75, 3.05) is 6.54 Å². The number of nitrogens with zero attached hydrogens (tertiary/aromatic N) is 1. The van der Waals surface area contributed by atoms with Gasteiger partial charge in [-0.25, -0.2) is 8.42 Å². The zero-order chi connectivity index (χ0) is 14.2. The van der Waals surface area contributed by atoms with Gasteiger partial charge in [0.05, 0.1) is 4.90 Å². The number of benzene rings is 1. The van der Waals surface area contributed by atoms with Gasteiger partial charge in [0.2, 0.25) is 10.0 Å². The van der Waals surface area contributed by atoms with E-state index >= 15 is 0 Å². The maximum absolute atomic E-state index is 12.9. The van der Waals surface area contributed by atoms with Crippen molar-refractivity contribution in [1.82, 2.24) is 4.31 Å². The molecule has 0 aromatic heterocycles. The van der Waals surface area contributed by atoms with Crippen molar-refractivity contribution in [3.05, 3.63) is 29.8 Å². The summed E-state index contributed by atoms with van der Waals surface area (Å²) in [6, 6.07) is 7.50. The van der Waals surface area contributed by atoms with Gasteiger partial charge < -0.3 is 0 Å². The third kappa shape index (κ3) is 2.51. The van der Waals surface area contributed by atoms with E-state index in [9.17, 15) is 8.42 Å². The SMILES string of the molecule is Cc1ccc(S(=O)(=O)N2CCCC3CCCCC32)cc1. The molecule has 1 saturated carbocycles. The maximum atomic E-state index is 12.9. The van der Waals surface area contributed by atoms with Crippen LogP contribution in [-0.2, 0) is 10.0 Å². The molecule has 20 heavy (non-hydrogen) atoms. The lowest BCUT2D eigenvalue weighted by molar-refractivity contribution is 0.129. The smallest absolute Gasteiger partial charge is 0.207 e. The average Bonchev–Trinajstić information content (AvgIpc) is 2.47. The molecular weight excluding hydrogens is 270 g/mol. The minimum absolute atomic E-state index is 0.240. The van der Waals surface area contributed by atoms with E-state index < -0.39 is 10.0 Å². The van der Waals surface area contributed by atoms with Gasteiger partial charge in [0.1, 0.15) is 0 Å². The molecule has 1 aliphatic heterocycles. The van der Waals surface area contributed by atoms with E-state index in [0.717, 1.165) is 18.4 Å². The summed E-state index contributed by atoms with van der Waals surface area (Å²) in [5, 5.41) is 0. The minimum atomic E-state index is -3.32. The Morgan fingerprint density at radius 2 is 1.65 bits per heavy atom. The van der Waals surface area contributed by atoms with Crippen LogP contribution >= 0.6 is 0 Å². The summed E-state index contributed by atoms with van der Waals surface area (Å²) in [4.78, 5) is 0.453. The normalized spacial score (nSPS) is 28.1. The van der Waals surface area contributed by atoms with Gasteiger partial charge in [-0.3, -0.25) is 0 Å². The number of sulfonamides is 1. The quantitative estimate of drug-likeness (QED) is 0.838. The van der Waals surface area contributed by atoms with Crippen molar-refractivity contribution in [3.63, 3.8) is 0 Å². The third-order valence-corrected chi connectivity index (χ3v) is 6.76. The molecule has 1 aromatic carbocycles. The number of hydrogen-bond acceptors (Lipinski definition) is 2. The zero-order valence-electron chi connectivity index (χ0n) is 12.1.